The average Bonchev–Trinajstić information content (AvgIpc) is 3.02. The molecule has 4 saturated carbocycles. The monoisotopic (exact) mass is 386 g/mol. The predicted octanol–water partition coefficient (Wildman–Crippen LogP) is 8.74. The zero-order chi connectivity index (χ0) is 20.1. The van der Waals surface area contributed by atoms with Crippen LogP contribution in [0.5, 0.6) is 0 Å². The Morgan fingerprint density at radius 2 is 1.46 bits per heavy atom. The summed E-state index contributed by atoms with van der Waals surface area (Å²) in [4.78, 5) is 0. The summed E-state index contributed by atoms with van der Waals surface area (Å²) in [5.41, 5.74) is 1.37. The van der Waals surface area contributed by atoms with E-state index in [1.165, 1.54) is 25.7 Å². The van der Waals surface area contributed by atoms with Crippen LogP contribution in [-0.4, -0.2) is 0 Å². The van der Waals surface area contributed by atoms with Crippen molar-refractivity contribution < 1.29 is 0 Å². The summed E-state index contributed by atoms with van der Waals surface area (Å²) in [5, 5.41) is 0. The standard InChI is InChI=1S/C28H50/c1-19(2)20(3)10-11-21(4)24-14-15-25-23-13-12-22-9-7-8-17-27(22,5)26(23)16-18-28(24,25)6/h19-26H,7-18H2,1-6H3/t20?,21-,22-,23+,24+,25-,26+,27+,28-/m1/s1. The molecule has 0 radical (unpaired) electrons. The quantitative estimate of drug-likeness (QED) is 0.443. The minimum Gasteiger partial charge on any atom is -0.0625 e. The molecule has 4 aliphatic carbocycles. The van der Waals surface area contributed by atoms with Gasteiger partial charge in [0.1, 0.15) is 0 Å². The molecule has 4 fully saturated rings. The van der Waals surface area contributed by atoms with E-state index in [9.17, 15) is 0 Å². The fraction of sp³-hybridized carbons (Fsp3) is 1.00. The van der Waals surface area contributed by atoms with Gasteiger partial charge in [-0.15, -0.1) is 0 Å². The van der Waals surface area contributed by atoms with Crippen LogP contribution in [0.15, 0.2) is 0 Å². The Hall–Kier alpha value is 0. The van der Waals surface area contributed by atoms with Crippen LogP contribution in [0.3, 0.4) is 0 Å². The molecule has 0 saturated heterocycles. The van der Waals surface area contributed by atoms with E-state index in [1.54, 1.807) is 51.4 Å². The number of rotatable bonds is 5. The molecule has 0 aliphatic heterocycles. The lowest BCUT2D eigenvalue weighted by Crippen LogP contribution is -2.53. The van der Waals surface area contributed by atoms with Gasteiger partial charge in [-0.05, 0) is 110 Å². The highest BCUT2D eigenvalue weighted by atomic mass is 14.6. The van der Waals surface area contributed by atoms with E-state index < -0.39 is 0 Å². The van der Waals surface area contributed by atoms with Crippen molar-refractivity contribution in [1.29, 1.82) is 0 Å². The molecule has 0 heterocycles. The highest BCUT2D eigenvalue weighted by Gasteiger charge is 2.60. The molecule has 0 spiro atoms. The van der Waals surface area contributed by atoms with Crippen molar-refractivity contribution in [2.45, 2.75) is 119 Å². The average molecular weight is 387 g/mol. The first-order valence-electron chi connectivity index (χ1n) is 13.3. The van der Waals surface area contributed by atoms with Gasteiger partial charge in [0.25, 0.3) is 0 Å². The summed E-state index contributed by atoms with van der Waals surface area (Å²) in [6, 6.07) is 0. The van der Waals surface area contributed by atoms with Crippen molar-refractivity contribution in [3.63, 3.8) is 0 Å². The smallest absolute Gasteiger partial charge is 0.0264 e. The van der Waals surface area contributed by atoms with Crippen LogP contribution in [0.2, 0.25) is 0 Å². The molecular weight excluding hydrogens is 336 g/mol. The predicted molar refractivity (Wildman–Crippen MR) is 122 cm³/mol. The largest absolute Gasteiger partial charge is 0.0625 e. The molecule has 9 atom stereocenters. The van der Waals surface area contributed by atoms with Crippen LogP contribution in [0.4, 0.5) is 0 Å². The van der Waals surface area contributed by atoms with E-state index in [0.717, 1.165) is 47.3 Å². The molecular formula is C28H50. The summed E-state index contributed by atoms with van der Waals surface area (Å²) in [6.45, 7) is 15.4. The molecule has 162 valence electrons. The summed E-state index contributed by atoms with van der Waals surface area (Å²) in [6.07, 6.45) is 18.4. The van der Waals surface area contributed by atoms with Crippen molar-refractivity contribution in [2.24, 2.45) is 58.2 Å². The Morgan fingerprint density at radius 3 is 2.21 bits per heavy atom. The molecule has 0 bridgehead atoms. The maximum atomic E-state index is 2.75. The molecule has 0 aromatic rings. The summed E-state index contributed by atoms with van der Waals surface area (Å²) in [7, 11) is 0. The Kier molecular flexibility index (Phi) is 6.01. The normalized spacial score (nSPS) is 47.9. The topological polar surface area (TPSA) is 0 Å². The number of hydrogen-bond donors (Lipinski definition) is 0. The molecule has 0 amide bonds. The molecule has 0 heteroatoms. The van der Waals surface area contributed by atoms with Crippen LogP contribution in [0.1, 0.15) is 119 Å². The summed E-state index contributed by atoms with van der Waals surface area (Å²) < 4.78 is 0. The third-order valence-corrected chi connectivity index (χ3v) is 11.6. The lowest BCUT2D eigenvalue weighted by atomic mass is 9.44. The Bertz CT molecular complexity index is 534. The van der Waals surface area contributed by atoms with Gasteiger partial charge in [0.05, 0.1) is 0 Å². The molecule has 0 nitrogen and oxygen atoms in total. The van der Waals surface area contributed by atoms with Crippen LogP contribution >= 0.6 is 0 Å². The fourth-order valence-corrected chi connectivity index (χ4v) is 9.33. The van der Waals surface area contributed by atoms with Crippen LogP contribution < -0.4 is 0 Å². The van der Waals surface area contributed by atoms with Gasteiger partial charge in [-0.1, -0.05) is 67.2 Å². The zero-order valence-electron chi connectivity index (χ0n) is 20.1. The second-order valence-electron chi connectivity index (χ2n) is 12.9. The number of hydrogen-bond acceptors (Lipinski definition) is 0. The van der Waals surface area contributed by atoms with Crippen molar-refractivity contribution in [2.75, 3.05) is 0 Å². The molecule has 0 aromatic carbocycles. The van der Waals surface area contributed by atoms with E-state index in [2.05, 4.69) is 41.5 Å². The van der Waals surface area contributed by atoms with Gasteiger partial charge in [-0.3, -0.25) is 0 Å². The van der Waals surface area contributed by atoms with Gasteiger partial charge in [0.15, 0.2) is 0 Å². The first kappa shape index (κ1) is 21.2. The van der Waals surface area contributed by atoms with Gasteiger partial charge in [-0.25, -0.2) is 0 Å². The van der Waals surface area contributed by atoms with Gasteiger partial charge >= 0.3 is 0 Å². The molecule has 4 rings (SSSR count). The van der Waals surface area contributed by atoms with Crippen LogP contribution in [0.25, 0.3) is 0 Å². The second-order valence-corrected chi connectivity index (χ2v) is 12.9. The first-order chi connectivity index (χ1) is 13.3. The molecule has 0 aromatic heterocycles. The van der Waals surface area contributed by atoms with E-state index >= 15 is 0 Å². The third kappa shape index (κ3) is 3.41. The Balaban J connectivity index is 1.46. The zero-order valence-corrected chi connectivity index (χ0v) is 20.1. The van der Waals surface area contributed by atoms with Crippen molar-refractivity contribution in [3.8, 4) is 0 Å². The van der Waals surface area contributed by atoms with Crippen molar-refractivity contribution >= 4 is 0 Å². The fourth-order valence-electron chi connectivity index (χ4n) is 9.33. The van der Waals surface area contributed by atoms with E-state index in [1.807, 2.05) is 0 Å². The van der Waals surface area contributed by atoms with E-state index in [4.69, 9.17) is 0 Å². The maximum Gasteiger partial charge on any atom is -0.0264 e. The lowest BCUT2D eigenvalue weighted by molar-refractivity contribution is -0.114. The van der Waals surface area contributed by atoms with E-state index in [0.29, 0.717) is 10.8 Å². The third-order valence-electron chi connectivity index (χ3n) is 11.6. The summed E-state index contributed by atoms with van der Waals surface area (Å²) >= 11 is 0. The van der Waals surface area contributed by atoms with Gasteiger partial charge in [0, 0.05) is 0 Å². The molecule has 0 N–H and O–H groups in total. The van der Waals surface area contributed by atoms with Gasteiger partial charge in [-0.2, -0.15) is 0 Å². The molecule has 1 unspecified atom stereocenters. The second kappa shape index (κ2) is 7.92. The van der Waals surface area contributed by atoms with Gasteiger partial charge in [0.2, 0.25) is 0 Å². The maximum absolute atomic E-state index is 2.75. The highest BCUT2D eigenvalue weighted by Crippen LogP contribution is 2.68. The molecule has 4 aliphatic rings. The van der Waals surface area contributed by atoms with Crippen molar-refractivity contribution in [1.82, 2.24) is 0 Å². The first-order valence-corrected chi connectivity index (χ1v) is 13.3. The Labute approximate surface area is 177 Å². The van der Waals surface area contributed by atoms with Crippen LogP contribution in [0, 0.1) is 58.2 Å². The number of fused-ring (bicyclic) bond motifs is 5. The highest BCUT2D eigenvalue weighted by molar-refractivity contribution is 5.09. The van der Waals surface area contributed by atoms with Crippen molar-refractivity contribution in [3.05, 3.63) is 0 Å². The SMILES string of the molecule is CC(C)C(C)CC[C@@H](C)[C@@H]1CC[C@@H]2[C@@H]3CC[C@H]4CCCC[C@]4(C)[C@H]3CC[C@@]21C. The van der Waals surface area contributed by atoms with Crippen LogP contribution in [-0.2, 0) is 0 Å². The Morgan fingerprint density at radius 1 is 0.714 bits per heavy atom. The lowest BCUT2D eigenvalue weighted by Gasteiger charge is -2.61. The van der Waals surface area contributed by atoms with E-state index in [-0.39, 0.29) is 0 Å². The van der Waals surface area contributed by atoms with Gasteiger partial charge < -0.3 is 0 Å². The summed E-state index contributed by atoms with van der Waals surface area (Å²) in [5.74, 6) is 7.96. The molecule has 28 heavy (non-hydrogen) atoms. The minimum absolute atomic E-state index is 0.666. The minimum atomic E-state index is 0.666.